The Morgan fingerprint density at radius 2 is 1.82 bits per heavy atom. The number of para-hydroxylation sites is 1. The molecule has 2 aromatic carbocycles. The molecule has 1 atom stereocenters. The Balaban J connectivity index is 1.93. The minimum absolute atomic E-state index is 0.0237. The van der Waals surface area contributed by atoms with Crippen molar-refractivity contribution in [3.8, 4) is 0 Å². The average molecular weight is 402 g/mol. The second-order valence-electron chi connectivity index (χ2n) is 6.96. The summed E-state index contributed by atoms with van der Waals surface area (Å²) in [4.78, 5) is 5.81. The van der Waals surface area contributed by atoms with E-state index in [1.54, 1.807) is 36.4 Å². The van der Waals surface area contributed by atoms with E-state index in [0.29, 0.717) is 28.2 Å². The molecule has 0 saturated heterocycles. The van der Waals surface area contributed by atoms with Crippen LogP contribution >= 0.6 is 11.6 Å². The largest absolute Gasteiger partial charge is 0.422 e. The summed E-state index contributed by atoms with van der Waals surface area (Å²) in [5.74, 6) is 0. The lowest BCUT2D eigenvalue weighted by Gasteiger charge is -2.36. The smallest absolute Gasteiger partial charge is 0.362 e. The molecule has 3 nitrogen and oxygen atoms in total. The fraction of sp³-hybridized carbons (Fsp3) is 0.143. The highest BCUT2D eigenvalue weighted by molar-refractivity contribution is 6.31. The molecular weight excluding hydrogens is 387 g/mol. The first kappa shape index (κ1) is 17.3. The topological polar surface area (TPSA) is 43.6 Å². The number of hydrogen-bond acceptors (Lipinski definition) is 1. The van der Waals surface area contributed by atoms with E-state index >= 15 is 0 Å². The Labute approximate surface area is 163 Å². The van der Waals surface area contributed by atoms with Gasteiger partial charge in [0.2, 0.25) is 5.54 Å². The molecule has 1 unspecified atom stereocenters. The van der Waals surface area contributed by atoms with Crippen molar-refractivity contribution in [1.29, 1.82) is 0 Å². The van der Waals surface area contributed by atoms with Crippen LogP contribution in [-0.4, -0.2) is 16.1 Å². The fourth-order valence-electron chi connectivity index (χ4n) is 4.11. The molecule has 4 aromatic rings. The van der Waals surface area contributed by atoms with Crippen LogP contribution in [0.1, 0.15) is 22.5 Å². The molecule has 1 aliphatic rings. The molecule has 0 fully saturated rings. The molecule has 0 bridgehead atoms. The van der Waals surface area contributed by atoms with Gasteiger partial charge in [-0.15, -0.1) is 0 Å². The van der Waals surface area contributed by atoms with Crippen LogP contribution < -0.4 is 5.32 Å². The van der Waals surface area contributed by atoms with E-state index < -0.39 is 11.7 Å². The Bertz CT molecular complexity index is 1180. The molecule has 1 aliphatic heterocycles. The van der Waals surface area contributed by atoms with E-state index in [0.717, 1.165) is 10.9 Å². The summed E-state index contributed by atoms with van der Waals surface area (Å²) in [5.41, 5.74) is 0.115. The molecule has 3 heterocycles. The molecule has 0 saturated carbocycles. The van der Waals surface area contributed by atoms with E-state index in [1.165, 1.54) is 12.3 Å². The zero-order valence-electron chi connectivity index (χ0n) is 14.5. The first-order valence-corrected chi connectivity index (χ1v) is 9.15. The molecule has 2 aromatic heterocycles. The van der Waals surface area contributed by atoms with Gasteiger partial charge in [-0.2, -0.15) is 13.2 Å². The van der Waals surface area contributed by atoms with E-state index in [4.69, 9.17) is 11.6 Å². The summed E-state index contributed by atoms with van der Waals surface area (Å²) in [6.45, 7) is 0. The van der Waals surface area contributed by atoms with Gasteiger partial charge in [0, 0.05) is 34.2 Å². The van der Waals surface area contributed by atoms with Gasteiger partial charge >= 0.3 is 6.18 Å². The average Bonchev–Trinajstić information content (AvgIpc) is 3.26. The Kier molecular flexibility index (Phi) is 3.58. The van der Waals surface area contributed by atoms with E-state index in [9.17, 15) is 13.2 Å². The third-order valence-corrected chi connectivity index (χ3v) is 5.61. The van der Waals surface area contributed by atoms with Gasteiger partial charge < -0.3 is 15.3 Å². The summed E-state index contributed by atoms with van der Waals surface area (Å²) < 4.78 is 44.4. The number of aromatic amines is 2. The quantitative estimate of drug-likeness (QED) is 0.361. The van der Waals surface area contributed by atoms with E-state index in [2.05, 4.69) is 15.3 Å². The second kappa shape index (κ2) is 5.82. The zero-order chi connectivity index (χ0) is 19.5. The number of benzene rings is 2. The molecule has 3 N–H and O–H groups in total. The number of anilines is 1. The third kappa shape index (κ3) is 2.31. The van der Waals surface area contributed by atoms with Gasteiger partial charge in [-0.1, -0.05) is 35.9 Å². The number of H-pyrrole nitrogens is 2. The Hall–Kier alpha value is -2.86. The molecule has 7 heteroatoms. The van der Waals surface area contributed by atoms with Crippen molar-refractivity contribution in [2.24, 2.45) is 0 Å². The van der Waals surface area contributed by atoms with Crippen LogP contribution in [0.4, 0.5) is 18.9 Å². The van der Waals surface area contributed by atoms with Crippen molar-refractivity contribution in [2.45, 2.75) is 18.1 Å². The molecule has 0 aliphatic carbocycles. The summed E-state index contributed by atoms with van der Waals surface area (Å²) in [6.07, 6.45) is -2.74. The Morgan fingerprint density at radius 1 is 1.00 bits per heavy atom. The summed E-state index contributed by atoms with van der Waals surface area (Å²) >= 11 is 6.09. The van der Waals surface area contributed by atoms with Crippen molar-refractivity contribution in [3.63, 3.8) is 0 Å². The maximum atomic E-state index is 14.8. The minimum Gasteiger partial charge on any atom is -0.362 e. The fourth-order valence-corrected chi connectivity index (χ4v) is 4.29. The monoisotopic (exact) mass is 401 g/mol. The van der Waals surface area contributed by atoms with Crippen LogP contribution in [0.3, 0.4) is 0 Å². The van der Waals surface area contributed by atoms with Gasteiger partial charge in [0.15, 0.2) is 0 Å². The lowest BCUT2D eigenvalue weighted by molar-refractivity contribution is -0.171. The zero-order valence-corrected chi connectivity index (χ0v) is 15.2. The predicted molar refractivity (Wildman–Crippen MR) is 104 cm³/mol. The normalized spacial score (nSPS) is 19.0. The van der Waals surface area contributed by atoms with Gasteiger partial charge in [0.1, 0.15) is 0 Å². The SMILES string of the molecule is FC(F)(F)C1(c2ccc[nH]2)Nc2ccccc2Cc2c1[nH]c1cc(Cl)ccc21. The molecule has 142 valence electrons. The molecule has 28 heavy (non-hydrogen) atoms. The first-order valence-electron chi connectivity index (χ1n) is 8.77. The predicted octanol–water partition coefficient (Wildman–Crippen LogP) is 5.97. The van der Waals surface area contributed by atoms with Crippen molar-refractivity contribution >= 4 is 28.2 Å². The number of aromatic nitrogens is 2. The summed E-state index contributed by atoms with van der Waals surface area (Å²) in [5, 5.41) is 4.03. The van der Waals surface area contributed by atoms with E-state index in [-0.39, 0.29) is 11.4 Å². The third-order valence-electron chi connectivity index (χ3n) is 5.38. The van der Waals surface area contributed by atoms with Crippen molar-refractivity contribution < 1.29 is 13.2 Å². The molecule has 0 spiro atoms. The van der Waals surface area contributed by atoms with Crippen LogP contribution in [0.5, 0.6) is 0 Å². The van der Waals surface area contributed by atoms with Gasteiger partial charge in [-0.3, -0.25) is 0 Å². The van der Waals surface area contributed by atoms with Crippen LogP contribution in [0.2, 0.25) is 5.02 Å². The van der Waals surface area contributed by atoms with Gasteiger partial charge in [0.05, 0.1) is 11.4 Å². The highest BCUT2D eigenvalue weighted by atomic mass is 35.5. The van der Waals surface area contributed by atoms with Gasteiger partial charge in [-0.05, 0) is 41.5 Å². The van der Waals surface area contributed by atoms with Gasteiger partial charge in [-0.25, -0.2) is 0 Å². The maximum absolute atomic E-state index is 14.8. The highest BCUT2D eigenvalue weighted by Crippen LogP contribution is 2.50. The van der Waals surface area contributed by atoms with Gasteiger partial charge in [0.25, 0.3) is 0 Å². The molecule has 5 rings (SSSR count). The number of rotatable bonds is 1. The summed E-state index contributed by atoms with van der Waals surface area (Å²) in [7, 11) is 0. The van der Waals surface area contributed by atoms with Crippen molar-refractivity contribution in [3.05, 3.63) is 88.3 Å². The van der Waals surface area contributed by atoms with Crippen molar-refractivity contribution in [2.75, 3.05) is 5.32 Å². The number of nitrogens with one attached hydrogen (secondary N) is 3. The Morgan fingerprint density at radius 3 is 2.57 bits per heavy atom. The number of halogens is 4. The van der Waals surface area contributed by atoms with Crippen LogP contribution in [0.15, 0.2) is 60.8 Å². The molecular formula is C21H15ClF3N3. The molecule has 0 radical (unpaired) electrons. The van der Waals surface area contributed by atoms with Crippen LogP contribution in [-0.2, 0) is 12.0 Å². The van der Waals surface area contributed by atoms with Crippen LogP contribution in [0.25, 0.3) is 10.9 Å². The number of hydrogen-bond donors (Lipinski definition) is 3. The minimum atomic E-state index is -4.62. The second-order valence-corrected chi connectivity index (χ2v) is 7.40. The lowest BCUT2D eigenvalue weighted by atomic mass is 9.87. The number of alkyl halides is 3. The standard InChI is InChI=1S/C21H15ClF3N3/c22-13-7-8-14-15-10-12-4-1-2-5-16(12)28-20(21(23,24)25,18-6-3-9-26-18)19(15)27-17(14)11-13/h1-9,11,26-28H,10H2. The number of fused-ring (bicyclic) bond motifs is 4. The summed E-state index contributed by atoms with van der Waals surface area (Å²) in [6, 6.07) is 15.3. The molecule has 0 amide bonds. The highest BCUT2D eigenvalue weighted by Gasteiger charge is 2.61. The van der Waals surface area contributed by atoms with Crippen molar-refractivity contribution in [1.82, 2.24) is 9.97 Å². The van der Waals surface area contributed by atoms with E-state index in [1.807, 2.05) is 12.1 Å². The maximum Gasteiger partial charge on any atom is 0.422 e. The first-order chi connectivity index (χ1) is 13.4. The van der Waals surface area contributed by atoms with Crippen LogP contribution in [0, 0.1) is 0 Å². The lowest BCUT2D eigenvalue weighted by Crippen LogP contribution is -2.50.